The lowest BCUT2D eigenvalue weighted by Gasteiger charge is -2.21. The maximum Gasteiger partial charge on any atom is 0.258 e. The number of nitrogens with zero attached hydrogens (tertiary/aromatic N) is 2. The van der Waals surface area contributed by atoms with Gasteiger partial charge in [0, 0.05) is 32.0 Å². The molecule has 7 heteroatoms. The molecule has 0 atom stereocenters. The maximum absolute atomic E-state index is 13.6. The number of ether oxygens (including phenoxy) is 1. The van der Waals surface area contributed by atoms with E-state index < -0.39 is 17.5 Å². The van der Waals surface area contributed by atoms with Gasteiger partial charge in [0.2, 0.25) is 0 Å². The van der Waals surface area contributed by atoms with Crippen molar-refractivity contribution in [2.24, 2.45) is 5.92 Å². The van der Waals surface area contributed by atoms with Crippen LogP contribution in [0.15, 0.2) is 30.6 Å². The van der Waals surface area contributed by atoms with Crippen LogP contribution in [-0.4, -0.2) is 28.9 Å². The molecule has 0 bridgehead atoms. The van der Waals surface area contributed by atoms with Crippen molar-refractivity contribution in [2.75, 3.05) is 18.5 Å². The first-order chi connectivity index (χ1) is 11.1. The minimum absolute atomic E-state index is 0.205. The van der Waals surface area contributed by atoms with Gasteiger partial charge in [-0.25, -0.2) is 8.78 Å². The summed E-state index contributed by atoms with van der Waals surface area (Å²) in [5.41, 5.74) is 0.273. The monoisotopic (exact) mass is 321 g/mol. The Morgan fingerprint density at radius 2 is 2.13 bits per heavy atom. The van der Waals surface area contributed by atoms with Gasteiger partial charge in [-0.1, -0.05) is 0 Å². The molecule has 1 amide bonds. The van der Waals surface area contributed by atoms with Gasteiger partial charge >= 0.3 is 0 Å². The summed E-state index contributed by atoms with van der Waals surface area (Å²) < 4.78 is 33.5. The van der Waals surface area contributed by atoms with Crippen molar-refractivity contribution in [2.45, 2.75) is 19.4 Å². The topological polar surface area (TPSA) is 56.2 Å². The standard InChI is InChI=1S/C16H17F2N3O2/c17-12-1-2-14(15(18)7-12)16(22)20-13-8-19-21(10-13)9-11-3-5-23-6-4-11/h1-2,7-8,10-11H,3-6,9H2,(H,20,22). The fourth-order valence-electron chi connectivity index (χ4n) is 2.59. The predicted molar refractivity (Wildman–Crippen MR) is 80.1 cm³/mol. The quantitative estimate of drug-likeness (QED) is 0.942. The zero-order valence-electron chi connectivity index (χ0n) is 12.5. The molecule has 1 aromatic carbocycles. The van der Waals surface area contributed by atoms with Crippen LogP contribution in [0.2, 0.25) is 0 Å². The number of benzene rings is 1. The van der Waals surface area contributed by atoms with Gasteiger partial charge in [-0.15, -0.1) is 0 Å². The predicted octanol–water partition coefficient (Wildman–Crippen LogP) is 2.84. The highest BCUT2D eigenvalue weighted by molar-refractivity contribution is 6.04. The van der Waals surface area contributed by atoms with Gasteiger partial charge < -0.3 is 10.1 Å². The molecule has 0 spiro atoms. The molecule has 0 saturated carbocycles. The van der Waals surface area contributed by atoms with Crippen LogP contribution >= 0.6 is 0 Å². The summed E-state index contributed by atoms with van der Waals surface area (Å²) in [5.74, 6) is -1.74. The first-order valence-corrected chi connectivity index (χ1v) is 7.48. The van der Waals surface area contributed by atoms with Crippen molar-refractivity contribution in [1.29, 1.82) is 0 Å². The number of aromatic nitrogens is 2. The second kappa shape index (κ2) is 6.87. The van der Waals surface area contributed by atoms with Crippen LogP contribution in [-0.2, 0) is 11.3 Å². The van der Waals surface area contributed by atoms with Gasteiger partial charge in [-0.05, 0) is 30.9 Å². The number of carbonyl (C=O) groups excluding carboxylic acids is 1. The van der Waals surface area contributed by atoms with E-state index in [4.69, 9.17) is 4.74 Å². The molecule has 1 aliphatic heterocycles. The number of amides is 1. The van der Waals surface area contributed by atoms with Crippen molar-refractivity contribution in [1.82, 2.24) is 9.78 Å². The SMILES string of the molecule is O=C(Nc1cnn(CC2CCOCC2)c1)c1ccc(F)cc1F. The van der Waals surface area contributed by atoms with E-state index in [9.17, 15) is 13.6 Å². The summed E-state index contributed by atoms with van der Waals surface area (Å²) in [5, 5.41) is 6.77. The zero-order valence-corrected chi connectivity index (χ0v) is 12.5. The van der Waals surface area contributed by atoms with Crippen molar-refractivity contribution in [3.8, 4) is 0 Å². The second-order valence-electron chi connectivity index (χ2n) is 5.59. The minimum atomic E-state index is -0.892. The number of nitrogens with one attached hydrogen (secondary N) is 1. The smallest absolute Gasteiger partial charge is 0.258 e. The van der Waals surface area contributed by atoms with E-state index in [1.807, 2.05) is 0 Å². The van der Waals surface area contributed by atoms with Crippen molar-refractivity contribution >= 4 is 11.6 Å². The number of halogens is 2. The third-order valence-corrected chi connectivity index (χ3v) is 3.85. The molecule has 0 unspecified atom stereocenters. The average Bonchev–Trinajstić information content (AvgIpc) is 2.95. The molecular formula is C16H17F2N3O2. The van der Waals surface area contributed by atoms with Crippen LogP contribution in [0.5, 0.6) is 0 Å². The third kappa shape index (κ3) is 3.92. The minimum Gasteiger partial charge on any atom is -0.381 e. The lowest BCUT2D eigenvalue weighted by atomic mass is 10.0. The first kappa shape index (κ1) is 15.6. The number of rotatable bonds is 4. The fraction of sp³-hybridized carbons (Fsp3) is 0.375. The van der Waals surface area contributed by atoms with E-state index in [-0.39, 0.29) is 5.56 Å². The molecule has 23 heavy (non-hydrogen) atoms. The molecule has 1 aromatic heterocycles. The molecular weight excluding hydrogens is 304 g/mol. The summed E-state index contributed by atoms with van der Waals surface area (Å²) in [6.45, 7) is 2.28. The molecule has 0 aliphatic carbocycles. The Hall–Kier alpha value is -2.28. The van der Waals surface area contributed by atoms with E-state index in [2.05, 4.69) is 10.4 Å². The number of hydrogen-bond donors (Lipinski definition) is 1. The summed E-state index contributed by atoms with van der Waals surface area (Å²) in [7, 11) is 0. The van der Waals surface area contributed by atoms with Gasteiger partial charge in [0.15, 0.2) is 0 Å². The fourth-order valence-corrected chi connectivity index (χ4v) is 2.59. The Morgan fingerprint density at radius 3 is 2.87 bits per heavy atom. The normalized spacial score (nSPS) is 15.6. The Kier molecular flexibility index (Phi) is 4.66. The average molecular weight is 321 g/mol. The number of hydrogen-bond acceptors (Lipinski definition) is 3. The van der Waals surface area contributed by atoms with Gasteiger partial charge in [-0.3, -0.25) is 9.48 Å². The van der Waals surface area contributed by atoms with Crippen molar-refractivity contribution in [3.63, 3.8) is 0 Å². The third-order valence-electron chi connectivity index (χ3n) is 3.85. The summed E-state index contributed by atoms with van der Waals surface area (Å²) in [4.78, 5) is 12.0. The first-order valence-electron chi connectivity index (χ1n) is 7.48. The van der Waals surface area contributed by atoms with E-state index >= 15 is 0 Å². The Bertz CT molecular complexity index is 696. The largest absolute Gasteiger partial charge is 0.381 e. The van der Waals surface area contributed by atoms with Crippen LogP contribution in [0.3, 0.4) is 0 Å². The molecule has 2 heterocycles. The van der Waals surface area contributed by atoms with E-state index in [0.29, 0.717) is 17.7 Å². The van der Waals surface area contributed by atoms with Gasteiger partial charge in [0.1, 0.15) is 11.6 Å². The molecule has 1 N–H and O–H groups in total. The highest BCUT2D eigenvalue weighted by atomic mass is 19.1. The molecule has 1 saturated heterocycles. The van der Waals surface area contributed by atoms with Gasteiger partial charge in [-0.2, -0.15) is 5.10 Å². The highest BCUT2D eigenvalue weighted by Gasteiger charge is 2.16. The van der Waals surface area contributed by atoms with E-state index in [1.54, 1.807) is 10.9 Å². The number of carbonyl (C=O) groups is 1. The summed E-state index contributed by atoms with van der Waals surface area (Å²) in [6.07, 6.45) is 5.19. The molecule has 1 fully saturated rings. The number of anilines is 1. The van der Waals surface area contributed by atoms with Gasteiger partial charge in [0.25, 0.3) is 5.91 Å². The molecule has 2 aromatic rings. The van der Waals surface area contributed by atoms with E-state index in [0.717, 1.165) is 44.7 Å². The molecule has 5 nitrogen and oxygen atoms in total. The van der Waals surface area contributed by atoms with Crippen LogP contribution in [0, 0.1) is 17.6 Å². The van der Waals surface area contributed by atoms with Crippen LogP contribution in [0.1, 0.15) is 23.2 Å². The maximum atomic E-state index is 13.6. The van der Waals surface area contributed by atoms with Crippen LogP contribution < -0.4 is 5.32 Å². The zero-order chi connectivity index (χ0) is 16.2. The van der Waals surface area contributed by atoms with Crippen molar-refractivity contribution in [3.05, 3.63) is 47.8 Å². The summed E-state index contributed by atoms with van der Waals surface area (Å²) >= 11 is 0. The molecule has 1 aliphatic rings. The van der Waals surface area contributed by atoms with Crippen molar-refractivity contribution < 1.29 is 18.3 Å². The lowest BCUT2D eigenvalue weighted by molar-refractivity contribution is 0.0601. The Labute approximate surface area is 132 Å². The lowest BCUT2D eigenvalue weighted by Crippen LogP contribution is -2.20. The molecule has 3 rings (SSSR count). The second-order valence-corrected chi connectivity index (χ2v) is 5.59. The Balaban J connectivity index is 1.62. The summed E-state index contributed by atoms with van der Waals surface area (Å²) in [6, 6.07) is 2.85. The van der Waals surface area contributed by atoms with E-state index in [1.165, 1.54) is 6.20 Å². The van der Waals surface area contributed by atoms with Crippen LogP contribution in [0.4, 0.5) is 14.5 Å². The highest BCUT2D eigenvalue weighted by Crippen LogP contribution is 2.18. The van der Waals surface area contributed by atoms with Crippen LogP contribution in [0.25, 0.3) is 0 Å². The molecule has 122 valence electrons. The molecule has 0 radical (unpaired) electrons. The Morgan fingerprint density at radius 1 is 1.35 bits per heavy atom. The van der Waals surface area contributed by atoms with Gasteiger partial charge in [0.05, 0.1) is 17.4 Å².